The van der Waals surface area contributed by atoms with Gasteiger partial charge in [0.25, 0.3) is 0 Å². The molecule has 2 aliphatic heterocycles. The van der Waals surface area contributed by atoms with Gasteiger partial charge in [-0.1, -0.05) is 0 Å². The molecule has 0 radical (unpaired) electrons. The summed E-state index contributed by atoms with van der Waals surface area (Å²) in [5.74, 6) is 0.230. The molecule has 2 saturated heterocycles. The number of hydrogen-bond donors (Lipinski definition) is 1. The fourth-order valence-electron chi connectivity index (χ4n) is 1.78. The zero-order chi connectivity index (χ0) is 7.68. The van der Waals surface area contributed by atoms with Gasteiger partial charge in [0.1, 0.15) is 0 Å². The topological polar surface area (TPSA) is 32.3 Å². The quantitative estimate of drug-likeness (QED) is 0.575. The molecule has 1 atom stereocenters. The lowest BCUT2D eigenvalue weighted by Gasteiger charge is -2.39. The largest absolute Gasteiger partial charge is 0.356 e. The Balaban J connectivity index is 1.87. The van der Waals surface area contributed by atoms with Gasteiger partial charge < -0.3 is 5.32 Å². The number of amides is 1. The van der Waals surface area contributed by atoms with Crippen molar-refractivity contribution in [2.45, 2.75) is 25.3 Å². The number of likely N-dealkylation sites (tertiary alicyclic amines) is 1. The normalized spacial score (nSPS) is 32.7. The van der Waals surface area contributed by atoms with Crippen LogP contribution in [0.2, 0.25) is 0 Å². The summed E-state index contributed by atoms with van der Waals surface area (Å²) in [6.45, 7) is 3.29. The number of rotatable bonds is 1. The molecule has 1 unspecified atom stereocenters. The third kappa shape index (κ3) is 1.38. The monoisotopic (exact) mass is 154 g/mol. The fraction of sp³-hybridized carbons (Fsp3) is 0.875. The molecule has 1 N–H and O–H groups in total. The summed E-state index contributed by atoms with van der Waals surface area (Å²) >= 11 is 0. The van der Waals surface area contributed by atoms with E-state index in [4.69, 9.17) is 0 Å². The highest BCUT2D eigenvalue weighted by atomic mass is 16.1. The number of hydrogen-bond acceptors (Lipinski definition) is 2. The third-order valence-corrected chi connectivity index (χ3v) is 2.63. The molecule has 0 spiro atoms. The maximum absolute atomic E-state index is 11.0. The summed E-state index contributed by atoms with van der Waals surface area (Å²) in [7, 11) is 0. The van der Waals surface area contributed by atoms with Crippen molar-refractivity contribution in [3.05, 3.63) is 0 Å². The van der Waals surface area contributed by atoms with Crippen LogP contribution in [0.1, 0.15) is 19.3 Å². The highest BCUT2D eigenvalue weighted by Gasteiger charge is 2.27. The van der Waals surface area contributed by atoms with E-state index < -0.39 is 0 Å². The summed E-state index contributed by atoms with van der Waals surface area (Å²) in [5.41, 5.74) is 0. The molecule has 62 valence electrons. The first-order valence-corrected chi connectivity index (χ1v) is 4.37. The molecule has 0 saturated carbocycles. The molecule has 0 aromatic rings. The Morgan fingerprint density at radius 1 is 1.45 bits per heavy atom. The third-order valence-electron chi connectivity index (χ3n) is 2.63. The standard InChI is InChI=1S/C8H14N2O/c11-8-6-7(2-3-9-8)10-4-1-5-10/h7H,1-6H2,(H,9,11). The number of carbonyl (C=O) groups excluding carboxylic acids is 1. The molecule has 0 aliphatic carbocycles. The molecule has 2 rings (SSSR count). The van der Waals surface area contributed by atoms with Crippen molar-refractivity contribution in [1.29, 1.82) is 0 Å². The second kappa shape index (κ2) is 2.81. The van der Waals surface area contributed by atoms with E-state index in [9.17, 15) is 4.79 Å². The predicted octanol–water partition coefficient (Wildman–Crippen LogP) is -0.0293. The molecule has 0 aromatic carbocycles. The second-order valence-electron chi connectivity index (χ2n) is 3.39. The van der Waals surface area contributed by atoms with E-state index in [0.717, 1.165) is 19.4 Å². The lowest BCUT2D eigenvalue weighted by Crippen LogP contribution is -2.51. The van der Waals surface area contributed by atoms with Crippen molar-refractivity contribution >= 4 is 5.91 Å². The Hall–Kier alpha value is -0.570. The minimum Gasteiger partial charge on any atom is -0.356 e. The van der Waals surface area contributed by atoms with Crippen LogP contribution in [0.15, 0.2) is 0 Å². The van der Waals surface area contributed by atoms with E-state index in [1.807, 2.05) is 0 Å². The van der Waals surface area contributed by atoms with E-state index in [1.54, 1.807) is 0 Å². The zero-order valence-corrected chi connectivity index (χ0v) is 6.68. The summed E-state index contributed by atoms with van der Waals surface area (Å²) in [4.78, 5) is 13.4. The van der Waals surface area contributed by atoms with Crippen molar-refractivity contribution in [2.24, 2.45) is 0 Å². The van der Waals surface area contributed by atoms with Crippen molar-refractivity contribution in [3.63, 3.8) is 0 Å². The van der Waals surface area contributed by atoms with Crippen molar-refractivity contribution in [1.82, 2.24) is 10.2 Å². The van der Waals surface area contributed by atoms with Gasteiger partial charge in [0.2, 0.25) is 5.91 Å². The van der Waals surface area contributed by atoms with Crippen LogP contribution < -0.4 is 5.32 Å². The summed E-state index contributed by atoms with van der Waals surface area (Å²) in [6.07, 6.45) is 3.18. The smallest absolute Gasteiger partial charge is 0.221 e. The van der Waals surface area contributed by atoms with Gasteiger partial charge in [-0.3, -0.25) is 9.69 Å². The minimum absolute atomic E-state index is 0.230. The molecule has 0 aromatic heterocycles. The zero-order valence-electron chi connectivity index (χ0n) is 6.68. The minimum atomic E-state index is 0.230. The van der Waals surface area contributed by atoms with E-state index >= 15 is 0 Å². The lowest BCUT2D eigenvalue weighted by atomic mass is 10.0. The van der Waals surface area contributed by atoms with Crippen LogP contribution in [0, 0.1) is 0 Å². The van der Waals surface area contributed by atoms with Gasteiger partial charge in [0.15, 0.2) is 0 Å². The highest BCUT2D eigenvalue weighted by molar-refractivity contribution is 5.77. The molecule has 2 fully saturated rings. The molecule has 3 nitrogen and oxygen atoms in total. The highest BCUT2D eigenvalue weighted by Crippen LogP contribution is 2.18. The van der Waals surface area contributed by atoms with Gasteiger partial charge in [0.05, 0.1) is 0 Å². The maximum Gasteiger partial charge on any atom is 0.221 e. The van der Waals surface area contributed by atoms with E-state index in [-0.39, 0.29) is 5.91 Å². The van der Waals surface area contributed by atoms with Crippen LogP contribution >= 0.6 is 0 Å². The first kappa shape index (κ1) is 7.10. The van der Waals surface area contributed by atoms with Gasteiger partial charge in [-0.05, 0) is 25.9 Å². The number of piperidine rings is 1. The first-order chi connectivity index (χ1) is 5.36. The maximum atomic E-state index is 11.0. The Kier molecular flexibility index (Phi) is 1.82. The number of carbonyl (C=O) groups is 1. The fourth-order valence-corrected chi connectivity index (χ4v) is 1.78. The molecular formula is C8H14N2O. The van der Waals surface area contributed by atoms with Crippen LogP contribution in [0.25, 0.3) is 0 Å². The second-order valence-corrected chi connectivity index (χ2v) is 3.39. The van der Waals surface area contributed by atoms with Crippen LogP contribution in [0.5, 0.6) is 0 Å². The first-order valence-electron chi connectivity index (χ1n) is 4.37. The molecule has 0 bridgehead atoms. The van der Waals surface area contributed by atoms with Crippen LogP contribution in [0.3, 0.4) is 0 Å². The summed E-state index contributed by atoms with van der Waals surface area (Å²) in [6, 6.07) is 0.553. The Bertz CT molecular complexity index is 165. The summed E-state index contributed by atoms with van der Waals surface area (Å²) < 4.78 is 0. The molecule has 2 aliphatic rings. The lowest BCUT2D eigenvalue weighted by molar-refractivity contribution is -0.124. The predicted molar refractivity (Wildman–Crippen MR) is 42.2 cm³/mol. The Labute approximate surface area is 66.8 Å². The Morgan fingerprint density at radius 2 is 2.27 bits per heavy atom. The van der Waals surface area contributed by atoms with Gasteiger partial charge in [-0.2, -0.15) is 0 Å². The van der Waals surface area contributed by atoms with Crippen molar-refractivity contribution in [3.8, 4) is 0 Å². The van der Waals surface area contributed by atoms with Gasteiger partial charge in [-0.15, -0.1) is 0 Å². The van der Waals surface area contributed by atoms with Gasteiger partial charge >= 0.3 is 0 Å². The molecule has 11 heavy (non-hydrogen) atoms. The molecular weight excluding hydrogens is 140 g/mol. The van der Waals surface area contributed by atoms with Crippen molar-refractivity contribution < 1.29 is 4.79 Å². The average molecular weight is 154 g/mol. The van der Waals surface area contributed by atoms with Crippen LogP contribution in [-0.2, 0) is 4.79 Å². The van der Waals surface area contributed by atoms with E-state index in [0.29, 0.717) is 6.04 Å². The number of nitrogens with zero attached hydrogens (tertiary/aromatic N) is 1. The summed E-state index contributed by atoms with van der Waals surface area (Å²) in [5, 5.41) is 2.85. The van der Waals surface area contributed by atoms with Crippen molar-refractivity contribution in [2.75, 3.05) is 19.6 Å². The van der Waals surface area contributed by atoms with Crippen LogP contribution in [-0.4, -0.2) is 36.5 Å². The Morgan fingerprint density at radius 3 is 2.82 bits per heavy atom. The molecule has 2 heterocycles. The van der Waals surface area contributed by atoms with Gasteiger partial charge in [0, 0.05) is 19.0 Å². The molecule has 3 heteroatoms. The van der Waals surface area contributed by atoms with E-state index in [1.165, 1.54) is 19.5 Å². The van der Waals surface area contributed by atoms with E-state index in [2.05, 4.69) is 10.2 Å². The number of nitrogens with one attached hydrogen (secondary N) is 1. The SMILES string of the molecule is O=C1CC(N2CCC2)CCN1. The van der Waals surface area contributed by atoms with Gasteiger partial charge in [-0.25, -0.2) is 0 Å². The average Bonchev–Trinajstić information content (AvgIpc) is 1.83. The van der Waals surface area contributed by atoms with Crippen LogP contribution in [0.4, 0.5) is 0 Å². The molecule has 1 amide bonds.